The molecule has 1 amide bonds. The molecule has 1 aromatic carbocycles. The summed E-state index contributed by atoms with van der Waals surface area (Å²) in [5.41, 5.74) is 5.24. The van der Waals surface area contributed by atoms with Crippen LogP contribution in [0.25, 0.3) is 0 Å². The predicted octanol–water partition coefficient (Wildman–Crippen LogP) is 1.25. The SMILES string of the molecule is CNC(CCSc1ccc(OC)cc1)C(N)=O. The van der Waals surface area contributed by atoms with E-state index in [1.807, 2.05) is 24.3 Å². The summed E-state index contributed by atoms with van der Waals surface area (Å²) in [6.07, 6.45) is 0.725. The molecule has 0 saturated carbocycles. The Morgan fingerprint density at radius 1 is 1.47 bits per heavy atom. The molecule has 0 aliphatic carbocycles. The minimum absolute atomic E-state index is 0.249. The maximum atomic E-state index is 11.0. The van der Waals surface area contributed by atoms with Crippen LogP contribution in [-0.4, -0.2) is 31.9 Å². The minimum atomic E-state index is -0.303. The van der Waals surface area contributed by atoms with Gasteiger partial charge < -0.3 is 15.8 Å². The van der Waals surface area contributed by atoms with E-state index >= 15 is 0 Å². The Bertz CT molecular complexity index is 354. The Hall–Kier alpha value is -1.20. The zero-order chi connectivity index (χ0) is 12.7. The number of ether oxygens (including phenoxy) is 1. The summed E-state index contributed by atoms with van der Waals surface area (Å²) < 4.78 is 5.08. The maximum Gasteiger partial charge on any atom is 0.234 e. The second-order valence-corrected chi connectivity index (χ2v) is 4.72. The van der Waals surface area contributed by atoms with E-state index in [0.717, 1.165) is 22.8 Å². The zero-order valence-electron chi connectivity index (χ0n) is 10.1. The maximum absolute atomic E-state index is 11.0. The van der Waals surface area contributed by atoms with Crippen LogP contribution in [0.5, 0.6) is 5.75 Å². The number of rotatable bonds is 7. The molecule has 17 heavy (non-hydrogen) atoms. The molecule has 0 heterocycles. The molecule has 1 unspecified atom stereocenters. The highest BCUT2D eigenvalue weighted by atomic mass is 32.2. The third-order valence-corrected chi connectivity index (χ3v) is 3.47. The highest BCUT2D eigenvalue weighted by Crippen LogP contribution is 2.22. The topological polar surface area (TPSA) is 64.3 Å². The first-order valence-corrected chi connectivity index (χ1v) is 6.39. The van der Waals surface area contributed by atoms with Crippen molar-refractivity contribution in [2.75, 3.05) is 19.9 Å². The molecule has 0 aromatic heterocycles. The van der Waals surface area contributed by atoms with Crippen molar-refractivity contribution in [1.82, 2.24) is 5.32 Å². The van der Waals surface area contributed by atoms with E-state index in [1.165, 1.54) is 0 Å². The van der Waals surface area contributed by atoms with Gasteiger partial charge in [-0.2, -0.15) is 0 Å². The molecular weight excluding hydrogens is 236 g/mol. The lowest BCUT2D eigenvalue weighted by molar-refractivity contribution is -0.119. The van der Waals surface area contributed by atoms with Gasteiger partial charge in [-0.25, -0.2) is 0 Å². The zero-order valence-corrected chi connectivity index (χ0v) is 10.9. The Balaban J connectivity index is 2.37. The van der Waals surface area contributed by atoms with Crippen LogP contribution >= 0.6 is 11.8 Å². The van der Waals surface area contributed by atoms with Gasteiger partial charge in [-0.15, -0.1) is 11.8 Å². The summed E-state index contributed by atoms with van der Waals surface area (Å²) in [5, 5.41) is 2.90. The lowest BCUT2D eigenvalue weighted by Crippen LogP contribution is -2.39. The number of hydrogen-bond acceptors (Lipinski definition) is 4. The molecular formula is C12H18N2O2S. The van der Waals surface area contributed by atoms with Crippen molar-refractivity contribution in [3.05, 3.63) is 24.3 Å². The number of amides is 1. The Kier molecular flexibility index (Phi) is 5.86. The third kappa shape index (κ3) is 4.66. The molecule has 94 valence electrons. The average Bonchev–Trinajstić information content (AvgIpc) is 2.35. The highest BCUT2D eigenvalue weighted by molar-refractivity contribution is 7.99. The quantitative estimate of drug-likeness (QED) is 0.719. The molecule has 1 rings (SSSR count). The molecule has 5 heteroatoms. The summed E-state index contributed by atoms with van der Waals surface area (Å²) in [6, 6.07) is 7.60. The van der Waals surface area contributed by atoms with Crippen LogP contribution in [0.4, 0.5) is 0 Å². The van der Waals surface area contributed by atoms with Crippen LogP contribution < -0.4 is 15.8 Å². The van der Waals surface area contributed by atoms with Crippen LogP contribution in [-0.2, 0) is 4.79 Å². The summed E-state index contributed by atoms with van der Waals surface area (Å²) >= 11 is 1.70. The molecule has 1 aromatic rings. The van der Waals surface area contributed by atoms with Crippen molar-refractivity contribution in [3.8, 4) is 5.75 Å². The van der Waals surface area contributed by atoms with Crippen molar-refractivity contribution < 1.29 is 9.53 Å². The van der Waals surface area contributed by atoms with Crippen molar-refractivity contribution in [3.63, 3.8) is 0 Å². The number of nitrogens with one attached hydrogen (secondary N) is 1. The average molecular weight is 254 g/mol. The van der Waals surface area contributed by atoms with Gasteiger partial charge in [-0.1, -0.05) is 0 Å². The fourth-order valence-corrected chi connectivity index (χ4v) is 2.31. The van der Waals surface area contributed by atoms with Crippen LogP contribution in [0.15, 0.2) is 29.2 Å². The van der Waals surface area contributed by atoms with Gasteiger partial charge in [0.15, 0.2) is 0 Å². The van der Waals surface area contributed by atoms with Crippen molar-refractivity contribution in [2.45, 2.75) is 17.4 Å². The first-order chi connectivity index (χ1) is 8.17. The normalized spacial score (nSPS) is 12.1. The van der Waals surface area contributed by atoms with Crippen molar-refractivity contribution in [1.29, 1.82) is 0 Å². The van der Waals surface area contributed by atoms with E-state index in [0.29, 0.717) is 0 Å². The van der Waals surface area contributed by atoms with Gasteiger partial charge in [-0.3, -0.25) is 4.79 Å². The van der Waals surface area contributed by atoms with Gasteiger partial charge >= 0.3 is 0 Å². The smallest absolute Gasteiger partial charge is 0.234 e. The standard InChI is InChI=1S/C12H18N2O2S/c1-14-11(12(13)15)7-8-17-10-5-3-9(16-2)4-6-10/h3-6,11,14H,7-8H2,1-2H3,(H2,13,15). The van der Waals surface area contributed by atoms with Crippen LogP contribution in [0.3, 0.4) is 0 Å². The predicted molar refractivity (Wildman–Crippen MR) is 70.4 cm³/mol. The molecule has 1 atom stereocenters. The summed E-state index contributed by atoms with van der Waals surface area (Å²) in [5.74, 6) is 1.39. The number of thioether (sulfide) groups is 1. The fraction of sp³-hybridized carbons (Fsp3) is 0.417. The molecule has 0 saturated heterocycles. The number of primary amides is 1. The molecule has 0 fully saturated rings. The number of likely N-dealkylation sites (N-methyl/N-ethyl adjacent to an activating group) is 1. The lowest BCUT2D eigenvalue weighted by Gasteiger charge is -2.11. The summed E-state index contributed by atoms with van der Waals surface area (Å²) in [4.78, 5) is 12.1. The first kappa shape index (κ1) is 13.9. The Morgan fingerprint density at radius 2 is 2.12 bits per heavy atom. The minimum Gasteiger partial charge on any atom is -0.497 e. The Morgan fingerprint density at radius 3 is 2.59 bits per heavy atom. The molecule has 0 aliphatic rings. The van der Waals surface area contributed by atoms with E-state index in [1.54, 1.807) is 25.9 Å². The van der Waals surface area contributed by atoms with Crippen molar-refractivity contribution >= 4 is 17.7 Å². The van der Waals surface area contributed by atoms with Crippen LogP contribution in [0, 0.1) is 0 Å². The summed E-state index contributed by atoms with van der Waals surface area (Å²) in [7, 11) is 3.39. The number of nitrogens with two attached hydrogens (primary N) is 1. The highest BCUT2D eigenvalue weighted by Gasteiger charge is 2.11. The first-order valence-electron chi connectivity index (χ1n) is 5.40. The molecule has 0 aliphatic heterocycles. The van der Waals surface area contributed by atoms with Crippen LogP contribution in [0.1, 0.15) is 6.42 Å². The van der Waals surface area contributed by atoms with Crippen molar-refractivity contribution in [2.24, 2.45) is 5.73 Å². The second kappa shape index (κ2) is 7.19. The molecule has 4 nitrogen and oxygen atoms in total. The Labute approximate surface area is 106 Å². The van der Waals surface area contributed by atoms with Gasteiger partial charge in [0.25, 0.3) is 0 Å². The van der Waals surface area contributed by atoms with Gasteiger partial charge in [0.1, 0.15) is 5.75 Å². The van der Waals surface area contributed by atoms with Gasteiger partial charge in [0.2, 0.25) is 5.91 Å². The summed E-state index contributed by atoms with van der Waals surface area (Å²) in [6.45, 7) is 0. The van der Waals surface area contributed by atoms with E-state index in [2.05, 4.69) is 5.32 Å². The number of benzene rings is 1. The van der Waals surface area contributed by atoms with E-state index < -0.39 is 0 Å². The molecule has 3 N–H and O–H groups in total. The second-order valence-electron chi connectivity index (χ2n) is 3.56. The van der Waals surface area contributed by atoms with E-state index in [9.17, 15) is 4.79 Å². The van der Waals surface area contributed by atoms with Gasteiger partial charge in [-0.05, 0) is 43.5 Å². The number of methoxy groups -OCH3 is 1. The van der Waals surface area contributed by atoms with Gasteiger partial charge in [0.05, 0.1) is 13.2 Å². The fourth-order valence-electron chi connectivity index (χ4n) is 1.40. The molecule has 0 spiro atoms. The number of carbonyl (C=O) groups is 1. The lowest BCUT2D eigenvalue weighted by atomic mass is 10.2. The van der Waals surface area contributed by atoms with Gasteiger partial charge in [0, 0.05) is 4.90 Å². The van der Waals surface area contributed by atoms with E-state index in [-0.39, 0.29) is 11.9 Å². The molecule has 0 radical (unpaired) electrons. The monoisotopic (exact) mass is 254 g/mol. The van der Waals surface area contributed by atoms with E-state index in [4.69, 9.17) is 10.5 Å². The van der Waals surface area contributed by atoms with Crippen LogP contribution in [0.2, 0.25) is 0 Å². The number of carbonyl (C=O) groups excluding carboxylic acids is 1. The largest absolute Gasteiger partial charge is 0.497 e. The third-order valence-electron chi connectivity index (χ3n) is 2.43. The molecule has 0 bridgehead atoms. The number of hydrogen-bond donors (Lipinski definition) is 2.